The van der Waals surface area contributed by atoms with Gasteiger partial charge in [-0.15, -0.1) is 4.91 Å². The third-order valence-corrected chi connectivity index (χ3v) is 5.79. The number of aromatic amines is 1. The van der Waals surface area contributed by atoms with Crippen LogP contribution < -0.4 is 22.3 Å². The maximum absolute atomic E-state index is 11.4. The molecule has 33 heavy (non-hydrogen) atoms. The third kappa shape index (κ3) is 4.69. The van der Waals surface area contributed by atoms with Gasteiger partial charge in [0, 0.05) is 41.3 Å². The molecule has 0 saturated heterocycles. The van der Waals surface area contributed by atoms with E-state index in [-0.39, 0.29) is 18.2 Å². The zero-order valence-corrected chi connectivity index (χ0v) is 19.4. The van der Waals surface area contributed by atoms with E-state index in [1.165, 1.54) is 18.0 Å². The smallest absolute Gasteiger partial charge is 0.340 e. The molecule has 4 rings (SSSR count). The zero-order valence-electron chi connectivity index (χ0n) is 18.7. The standard InChI is InChI=1S/C23H25N5O4.ClH/c1-14-19-13-28(9-11-32-10-7-24-23(30)27(3)26-31)8-6-17(19)15(2)22-21(14)18-12-16(29)4-5-20(18)25-22;/h4-6,8,12-13H,7,9-11H2,1-3H3,(H2,24,29,30);1H. The van der Waals surface area contributed by atoms with E-state index < -0.39 is 6.03 Å². The maximum Gasteiger partial charge on any atom is 0.340 e. The summed E-state index contributed by atoms with van der Waals surface area (Å²) >= 11 is 0. The predicted octanol–water partition coefficient (Wildman–Crippen LogP) is 0.428. The second-order valence-corrected chi connectivity index (χ2v) is 7.81. The molecule has 174 valence electrons. The molecule has 0 aliphatic heterocycles. The first kappa shape index (κ1) is 24.2. The van der Waals surface area contributed by atoms with E-state index in [1.54, 1.807) is 12.1 Å². The molecular weight excluding hydrogens is 446 g/mol. The second kappa shape index (κ2) is 10.0. The number of carbonyl (C=O) groups excluding carboxylic acids is 1. The Balaban J connectivity index is 0.00000306. The number of carbonyl (C=O) groups is 1. The number of halogens is 1. The lowest BCUT2D eigenvalue weighted by Gasteiger charge is -2.10. The number of ether oxygens (including phenoxy) is 1. The average Bonchev–Trinajstić information content (AvgIpc) is 3.18. The fourth-order valence-corrected chi connectivity index (χ4v) is 4.08. The summed E-state index contributed by atoms with van der Waals surface area (Å²) in [6.45, 7) is 5.99. The van der Waals surface area contributed by atoms with Crippen LogP contribution >= 0.6 is 0 Å². The van der Waals surface area contributed by atoms with Crippen LogP contribution in [0.15, 0.2) is 41.9 Å². The summed E-state index contributed by atoms with van der Waals surface area (Å²) in [7, 11) is 1.29. The normalized spacial score (nSPS) is 11.0. The quantitative estimate of drug-likeness (QED) is 0.157. The van der Waals surface area contributed by atoms with Gasteiger partial charge in [-0.25, -0.2) is 9.36 Å². The first-order chi connectivity index (χ1) is 15.4. The molecule has 0 aliphatic carbocycles. The Labute approximate surface area is 196 Å². The number of aryl methyl sites for hydroxylation is 2. The minimum absolute atomic E-state index is 0. The van der Waals surface area contributed by atoms with E-state index in [2.05, 4.69) is 46.3 Å². The lowest BCUT2D eigenvalue weighted by Crippen LogP contribution is -3.00. The molecule has 0 saturated carbocycles. The van der Waals surface area contributed by atoms with Gasteiger partial charge < -0.3 is 32.6 Å². The predicted molar refractivity (Wildman–Crippen MR) is 122 cm³/mol. The van der Waals surface area contributed by atoms with Gasteiger partial charge in [-0.1, -0.05) is 0 Å². The molecule has 2 heterocycles. The van der Waals surface area contributed by atoms with Gasteiger partial charge in [0.15, 0.2) is 18.9 Å². The summed E-state index contributed by atoms with van der Waals surface area (Å²) in [5.74, 6) is 0.251. The number of hydrogen-bond acceptors (Lipinski definition) is 5. The van der Waals surface area contributed by atoms with Crippen molar-refractivity contribution in [2.24, 2.45) is 5.29 Å². The Bertz CT molecular complexity index is 1340. The summed E-state index contributed by atoms with van der Waals surface area (Å²) in [4.78, 5) is 25.2. The van der Waals surface area contributed by atoms with E-state index in [0.29, 0.717) is 31.3 Å². The van der Waals surface area contributed by atoms with Crippen LogP contribution in [0, 0.1) is 18.8 Å². The monoisotopic (exact) mass is 471 g/mol. The van der Waals surface area contributed by atoms with Crippen LogP contribution in [0.5, 0.6) is 5.75 Å². The Kier molecular flexibility index (Phi) is 7.35. The highest BCUT2D eigenvalue weighted by atomic mass is 35.5. The van der Waals surface area contributed by atoms with Crippen molar-refractivity contribution in [2.75, 3.05) is 26.8 Å². The van der Waals surface area contributed by atoms with Gasteiger partial charge in [0.25, 0.3) is 0 Å². The summed E-state index contributed by atoms with van der Waals surface area (Å²) in [5, 5.41) is 20.2. The number of phenols is 1. The lowest BCUT2D eigenvalue weighted by molar-refractivity contribution is -0.697. The van der Waals surface area contributed by atoms with Crippen LogP contribution in [0.3, 0.4) is 0 Å². The number of aromatic nitrogens is 2. The van der Waals surface area contributed by atoms with Gasteiger partial charge in [-0.2, -0.15) is 5.01 Å². The van der Waals surface area contributed by atoms with Crippen LogP contribution in [-0.2, 0) is 11.3 Å². The molecule has 0 bridgehead atoms. The molecule has 2 amide bonds. The Morgan fingerprint density at radius 1 is 1.18 bits per heavy atom. The van der Waals surface area contributed by atoms with E-state index >= 15 is 0 Å². The third-order valence-electron chi connectivity index (χ3n) is 5.79. The Morgan fingerprint density at radius 3 is 2.73 bits per heavy atom. The molecule has 4 aromatic rings. The van der Waals surface area contributed by atoms with Gasteiger partial charge in [-0.05, 0) is 48.6 Å². The van der Waals surface area contributed by atoms with Crippen molar-refractivity contribution < 1.29 is 31.6 Å². The SMILES string of the molecule is Cc1c2cc[n+](CCOCCNC(=O)N(C)N=O)cc2c(C)c2c1[nH]c1ccc(O)cc12.[Cl-]. The number of nitrogens with one attached hydrogen (secondary N) is 2. The minimum atomic E-state index is -0.560. The summed E-state index contributed by atoms with van der Waals surface area (Å²) in [6, 6.07) is 6.96. The average molecular weight is 472 g/mol. The summed E-state index contributed by atoms with van der Waals surface area (Å²) < 4.78 is 7.68. The molecular formula is C23H26ClN5O4. The molecule has 3 N–H and O–H groups in total. The van der Waals surface area contributed by atoms with Crippen LogP contribution in [0.4, 0.5) is 4.79 Å². The van der Waals surface area contributed by atoms with Gasteiger partial charge in [0.1, 0.15) is 12.4 Å². The van der Waals surface area contributed by atoms with Crippen molar-refractivity contribution in [3.8, 4) is 5.75 Å². The number of amides is 2. The van der Waals surface area contributed by atoms with E-state index in [9.17, 15) is 14.8 Å². The van der Waals surface area contributed by atoms with Crippen molar-refractivity contribution in [1.29, 1.82) is 0 Å². The van der Waals surface area contributed by atoms with Crippen LogP contribution in [0.25, 0.3) is 32.6 Å². The van der Waals surface area contributed by atoms with E-state index in [1.807, 2.05) is 12.3 Å². The number of aromatic hydroxyl groups is 1. The topological polar surface area (TPSA) is 111 Å². The molecule has 9 nitrogen and oxygen atoms in total. The number of fused-ring (bicyclic) bond motifs is 4. The van der Waals surface area contributed by atoms with E-state index in [0.717, 1.165) is 32.8 Å². The molecule has 2 aromatic heterocycles. The highest BCUT2D eigenvalue weighted by molar-refractivity contribution is 6.16. The number of hydrogen-bond donors (Lipinski definition) is 3. The molecule has 0 radical (unpaired) electrons. The molecule has 0 spiro atoms. The zero-order chi connectivity index (χ0) is 22.8. The van der Waals surface area contributed by atoms with Gasteiger partial charge in [0.05, 0.1) is 17.4 Å². The second-order valence-electron chi connectivity index (χ2n) is 7.81. The number of phenolic OH excluding ortho intramolecular Hbond substituents is 1. The number of benzene rings is 2. The van der Waals surface area contributed by atoms with Crippen LogP contribution in [0.1, 0.15) is 11.1 Å². The highest BCUT2D eigenvalue weighted by Crippen LogP contribution is 2.37. The number of rotatable bonds is 7. The molecule has 10 heteroatoms. The maximum atomic E-state index is 11.4. The molecule has 0 aliphatic rings. The van der Waals surface area contributed by atoms with Crippen molar-refractivity contribution in [1.82, 2.24) is 15.3 Å². The number of nitrogens with zero attached hydrogens (tertiary/aromatic N) is 3. The van der Waals surface area contributed by atoms with Crippen LogP contribution in [0.2, 0.25) is 0 Å². The first-order valence-corrected chi connectivity index (χ1v) is 10.4. The molecule has 0 atom stereocenters. The van der Waals surface area contributed by atoms with E-state index in [4.69, 9.17) is 4.74 Å². The van der Waals surface area contributed by atoms with Crippen molar-refractivity contribution >= 4 is 38.6 Å². The number of urea groups is 1. The van der Waals surface area contributed by atoms with Gasteiger partial charge >= 0.3 is 6.03 Å². The molecule has 0 unspecified atom stereocenters. The number of H-pyrrole nitrogens is 1. The highest BCUT2D eigenvalue weighted by Gasteiger charge is 2.17. The van der Waals surface area contributed by atoms with Crippen LogP contribution in [-0.4, -0.2) is 47.9 Å². The number of pyridine rings is 1. The number of nitroso groups, excluding NO2 is 1. The summed E-state index contributed by atoms with van der Waals surface area (Å²) in [5.41, 5.74) is 4.42. The largest absolute Gasteiger partial charge is 1.00 e. The Morgan fingerprint density at radius 2 is 1.97 bits per heavy atom. The van der Waals surface area contributed by atoms with Crippen molar-refractivity contribution in [2.45, 2.75) is 20.4 Å². The Hall–Kier alpha value is -3.43. The van der Waals surface area contributed by atoms with Gasteiger partial charge in [-0.3, -0.25) is 0 Å². The lowest BCUT2D eigenvalue weighted by atomic mass is 9.97. The fourth-order valence-electron chi connectivity index (χ4n) is 4.08. The molecule has 2 aromatic carbocycles. The molecule has 0 fully saturated rings. The van der Waals surface area contributed by atoms with Crippen molar-refractivity contribution in [3.05, 3.63) is 52.7 Å². The van der Waals surface area contributed by atoms with Crippen molar-refractivity contribution in [3.63, 3.8) is 0 Å². The fraction of sp³-hybridized carbons (Fsp3) is 0.304. The first-order valence-electron chi connectivity index (χ1n) is 10.4. The summed E-state index contributed by atoms with van der Waals surface area (Å²) in [6.07, 6.45) is 4.15. The minimum Gasteiger partial charge on any atom is -1.00 e. The van der Waals surface area contributed by atoms with Gasteiger partial charge in [0.2, 0.25) is 0 Å².